The highest BCUT2D eigenvalue weighted by atomic mass is 32.1. The van der Waals surface area contributed by atoms with Gasteiger partial charge in [0, 0.05) is 41.6 Å². The van der Waals surface area contributed by atoms with Crippen molar-refractivity contribution in [1.82, 2.24) is 24.5 Å². The lowest BCUT2D eigenvalue weighted by atomic mass is 9.90. The van der Waals surface area contributed by atoms with Crippen LogP contribution in [0, 0.1) is 6.92 Å². The molecule has 0 bridgehead atoms. The highest BCUT2D eigenvalue weighted by Gasteiger charge is 2.25. The van der Waals surface area contributed by atoms with E-state index in [1.165, 1.54) is 22.5 Å². The van der Waals surface area contributed by atoms with Gasteiger partial charge in [0.1, 0.15) is 5.69 Å². The molecule has 4 aromatic heterocycles. The number of hydrogen-bond donors (Lipinski definition) is 2. The molecule has 3 N–H and O–H groups in total. The molecule has 214 valence electrons. The Labute approximate surface area is 253 Å². The molecule has 1 atom stereocenters. The van der Waals surface area contributed by atoms with Gasteiger partial charge < -0.3 is 16.0 Å². The van der Waals surface area contributed by atoms with Gasteiger partial charge in [-0.25, -0.2) is 14.5 Å². The molecular formula is C34H31N7OS. The smallest absolute Gasteiger partial charge is 0.230 e. The summed E-state index contributed by atoms with van der Waals surface area (Å²) in [6, 6.07) is 24.4. The maximum Gasteiger partial charge on any atom is 0.230 e. The summed E-state index contributed by atoms with van der Waals surface area (Å²) < 4.78 is 1.87. The minimum Gasteiger partial charge on any atom is -0.369 e. The lowest BCUT2D eigenvalue weighted by Crippen LogP contribution is -2.26. The van der Waals surface area contributed by atoms with E-state index in [9.17, 15) is 4.79 Å². The van der Waals surface area contributed by atoms with Crippen molar-refractivity contribution in [3.8, 4) is 22.5 Å². The van der Waals surface area contributed by atoms with Crippen LogP contribution in [0.15, 0.2) is 90.6 Å². The fourth-order valence-corrected chi connectivity index (χ4v) is 6.77. The average Bonchev–Trinajstić information content (AvgIpc) is 3.67. The number of hydrogen-bond acceptors (Lipinski definition) is 7. The van der Waals surface area contributed by atoms with Gasteiger partial charge in [-0.05, 0) is 90.5 Å². The number of nitrogens with two attached hydrogens (primary N) is 1. The molecule has 8 nitrogen and oxygen atoms in total. The molecule has 43 heavy (non-hydrogen) atoms. The summed E-state index contributed by atoms with van der Waals surface area (Å²) in [6.07, 6.45) is 4.76. The van der Waals surface area contributed by atoms with Gasteiger partial charge in [0.25, 0.3) is 0 Å². The van der Waals surface area contributed by atoms with Crippen LogP contribution in [-0.2, 0) is 17.8 Å². The second-order valence-electron chi connectivity index (χ2n) is 11.0. The van der Waals surface area contributed by atoms with Crippen molar-refractivity contribution >= 4 is 34.4 Å². The van der Waals surface area contributed by atoms with Crippen LogP contribution < -0.4 is 11.1 Å². The van der Waals surface area contributed by atoms with Crippen molar-refractivity contribution < 1.29 is 4.79 Å². The van der Waals surface area contributed by atoms with E-state index in [0.29, 0.717) is 5.95 Å². The molecule has 0 spiro atoms. The number of amides is 1. The van der Waals surface area contributed by atoms with Gasteiger partial charge in [0.2, 0.25) is 11.9 Å². The van der Waals surface area contributed by atoms with Crippen molar-refractivity contribution in [2.24, 2.45) is 5.73 Å². The minimum atomic E-state index is -0.535. The van der Waals surface area contributed by atoms with Gasteiger partial charge in [-0.1, -0.05) is 30.3 Å². The van der Waals surface area contributed by atoms with Gasteiger partial charge in [0.05, 0.1) is 22.7 Å². The van der Waals surface area contributed by atoms with Crippen molar-refractivity contribution in [1.29, 1.82) is 0 Å². The molecule has 1 amide bonds. The van der Waals surface area contributed by atoms with E-state index >= 15 is 0 Å². The summed E-state index contributed by atoms with van der Waals surface area (Å²) >= 11 is 1.53. The largest absolute Gasteiger partial charge is 0.369 e. The molecule has 0 saturated heterocycles. The number of likely N-dealkylation sites (N-methyl/N-ethyl adjacent to an activating group) is 1. The van der Waals surface area contributed by atoms with E-state index < -0.39 is 5.92 Å². The van der Waals surface area contributed by atoms with Crippen LogP contribution in [0.5, 0.6) is 0 Å². The first-order valence-electron chi connectivity index (χ1n) is 14.3. The zero-order chi connectivity index (χ0) is 29.5. The van der Waals surface area contributed by atoms with Crippen molar-refractivity contribution in [2.75, 3.05) is 18.9 Å². The topological polar surface area (TPSA) is 101 Å². The molecule has 9 heteroatoms. The summed E-state index contributed by atoms with van der Waals surface area (Å²) in [4.78, 5) is 25.4. The van der Waals surface area contributed by atoms with E-state index in [0.717, 1.165) is 69.2 Å². The molecular weight excluding hydrogens is 554 g/mol. The van der Waals surface area contributed by atoms with Crippen LogP contribution in [0.1, 0.15) is 33.0 Å². The Morgan fingerprint density at radius 2 is 1.95 bits per heavy atom. The number of rotatable bonds is 7. The number of aromatic nitrogens is 4. The first kappa shape index (κ1) is 27.0. The van der Waals surface area contributed by atoms with Crippen LogP contribution >= 0.6 is 11.3 Å². The summed E-state index contributed by atoms with van der Waals surface area (Å²) in [6.45, 7) is 4.01. The number of fused-ring (bicyclic) bond motifs is 2. The molecule has 6 aromatic rings. The third-order valence-corrected chi connectivity index (χ3v) is 9.03. The van der Waals surface area contributed by atoms with Gasteiger partial charge in [0.15, 0.2) is 0 Å². The summed E-state index contributed by atoms with van der Waals surface area (Å²) in [5, 5.41) is 10.4. The molecule has 0 fully saturated rings. The van der Waals surface area contributed by atoms with E-state index in [-0.39, 0.29) is 5.91 Å². The van der Waals surface area contributed by atoms with E-state index in [1.807, 2.05) is 77.6 Å². The molecule has 1 aliphatic rings. The van der Waals surface area contributed by atoms with Gasteiger partial charge in [-0.3, -0.25) is 4.79 Å². The Morgan fingerprint density at radius 3 is 2.79 bits per heavy atom. The predicted molar refractivity (Wildman–Crippen MR) is 172 cm³/mol. The minimum absolute atomic E-state index is 0.377. The van der Waals surface area contributed by atoms with E-state index in [1.54, 1.807) is 6.20 Å². The lowest BCUT2D eigenvalue weighted by molar-refractivity contribution is -0.118. The number of nitrogens with one attached hydrogen (secondary N) is 1. The zero-order valence-electron chi connectivity index (χ0n) is 24.0. The number of nitrogens with zero attached hydrogens (tertiary/aromatic N) is 5. The molecule has 5 heterocycles. The monoisotopic (exact) mass is 585 g/mol. The number of aryl methyl sites for hydroxylation is 1. The fourth-order valence-electron chi connectivity index (χ4n) is 5.92. The molecule has 2 aromatic carbocycles. The summed E-state index contributed by atoms with van der Waals surface area (Å²) in [5.74, 6) is -0.399. The van der Waals surface area contributed by atoms with Gasteiger partial charge >= 0.3 is 0 Å². The first-order valence-corrected chi connectivity index (χ1v) is 15.1. The highest BCUT2D eigenvalue weighted by molar-refractivity contribution is 7.10. The second kappa shape index (κ2) is 11.1. The van der Waals surface area contributed by atoms with Crippen molar-refractivity contribution in [3.05, 3.63) is 118 Å². The van der Waals surface area contributed by atoms with Crippen LogP contribution in [-0.4, -0.2) is 44.0 Å². The standard InChI is InChI=1S/C34H31N7OS/c1-21-8-9-23(19-26(21)30(33(35)42)29-7-5-17-43-29)32-31(28-6-3-4-15-41(28)39-32)27-12-14-36-34(38-27)37-25-11-10-22-13-16-40(2)20-24(22)18-25/h3-12,14-15,17-19,30H,13,16,20H2,1-2H3,(H2,35,42)(H,36,37,38). The first-order chi connectivity index (χ1) is 20.9. The maximum absolute atomic E-state index is 12.7. The SMILES string of the molecule is Cc1ccc(-c2nn3ccccc3c2-c2ccnc(Nc3ccc4c(c3)CN(C)CC4)n2)cc1C(C(N)=O)c1cccs1. The predicted octanol–water partition coefficient (Wildman–Crippen LogP) is 6.18. The Balaban J connectivity index is 1.31. The third kappa shape index (κ3) is 5.17. The number of primary amides is 1. The van der Waals surface area contributed by atoms with Crippen LogP contribution in [0.3, 0.4) is 0 Å². The van der Waals surface area contributed by atoms with Crippen molar-refractivity contribution in [2.45, 2.75) is 25.8 Å². The molecule has 0 radical (unpaired) electrons. The molecule has 7 rings (SSSR count). The quantitative estimate of drug-likeness (QED) is 0.232. The van der Waals surface area contributed by atoms with Crippen molar-refractivity contribution in [3.63, 3.8) is 0 Å². The number of carbonyl (C=O) groups is 1. The summed E-state index contributed by atoms with van der Waals surface area (Å²) in [7, 11) is 2.15. The van der Waals surface area contributed by atoms with E-state index in [2.05, 4.69) is 40.4 Å². The molecule has 1 aliphatic heterocycles. The Bertz CT molecular complexity index is 1960. The van der Waals surface area contributed by atoms with Crippen LogP contribution in [0.25, 0.3) is 28.0 Å². The van der Waals surface area contributed by atoms with E-state index in [4.69, 9.17) is 15.8 Å². The van der Waals surface area contributed by atoms with Gasteiger partial charge in [-0.2, -0.15) is 5.10 Å². The second-order valence-corrected chi connectivity index (χ2v) is 12.0. The number of pyridine rings is 1. The van der Waals surface area contributed by atoms with Crippen LogP contribution in [0.2, 0.25) is 0 Å². The normalized spacial score (nSPS) is 14.0. The molecule has 1 unspecified atom stereocenters. The zero-order valence-corrected chi connectivity index (χ0v) is 24.8. The van der Waals surface area contributed by atoms with Crippen LogP contribution in [0.4, 0.5) is 11.6 Å². The third-order valence-electron chi connectivity index (χ3n) is 8.09. The number of carbonyl (C=O) groups excluding carboxylic acids is 1. The number of thiophene rings is 1. The Kier molecular flexibility index (Phi) is 6.96. The molecule has 0 saturated carbocycles. The number of benzene rings is 2. The fraction of sp³-hybridized carbons (Fsp3) is 0.176. The average molecular weight is 586 g/mol. The Morgan fingerprint density at radius 1 is 1.05 bits per heavy atom. The maximum atomic E-state index is 12.7. The Hall–Kier alpha value is -4.86. The lowest BCUT2D eigenvalue weighted by Gasteiger charge is -2.25. The number of anilines is 2. The van der Waals surface area contributed by atoms with Gasteiger partial charge in [-0.15, -0.1) is 11.3 Å². The summed E-state index contributed by atoms with van der Waals surface area (Å²) in [5.41, 5.74) is 15.7. The highest BCUT2D eigenvalue weighted by Crippen LogP contribution is 2.38. The molecule has 0 aliphatic carbocycles.